The summed E-state index contributed by atoms with van der Waals surface area (Å²) < 4.78 is 83.9. The summed E-state index contributed by atoms with van der Waals surface area (Å²) in [5, 5.41) is 5.17. The highest BCUT2D eigenvalue weighted by atomic mass is 32.2. The van der Waals surface area contributed by atoms with Gasteiger partial charge in [-0.15, -0.1) is 35.3 Å². The van der Waals surface area contributed by atoms with Crippen LogP contribution in [0.15, 0.2) is 93.6 Å². The van der Waals surface area contributed by atoms with Crippen molar-refractivity contribution in [1.29, 1.82) is 0 Å². The smallest absolute Gasteiger partial charge is 0.408 e. The molecule has 6 amide bonds. The van der Waals surface area contributed by atoms with Gasteiger partial charge in [-0.1, -0.05) is 48.5 Å². The summed E-state index contributed by atoms with van der Waals surface area (Å²) in [6.45, 7) is 15.3. The van der Waals surface area contributed by atoms with Crippen LogP contribution in [0.25, 0.3) is 21.5 Å². The number of methoxy groups -OCH3 is 2. The van der Waals surface area contributed by atoms with Gasteiger partial charge >= 0.3 is 30.1 Å². The molecule has 4 N–H and O–H groups in total. The number of carbonyl (C=O) groups is 10. The van der Waals surface area contributed by atoms with Gasteiger partial charge in [-0.05, 0) is 93.5 Å². The van der Waals surface area contributed by atoms with Crippen molar-refractivity contribution in [2.75, 3.05) is 95.6 Å². The van der Waals surface area contributed by atoms with Crippen molar-refractivity contribution in [1.82, 2.24) is 29.9 Å². The van der Waals surface area contributed by atoms with Crippen LogP contribution in [0.1, 0.15) is 75.7 Å². The number of amides is 6. The van der Waals surface area contributed by atoms with Gasteiger partial charge in [0.05, 0.1) is 35.3 Å². The number of nitrogens with one attached hydrogen (secondary N) is 4. The predicted octanol–water partition coefficient (Wildman–Crippen LogP) is 6.00. The normalized spacial score (nSPS) is 16.2. The zero-order valence-electron chi connectivity index (χ0n) is 56.6. The number of alkyl carbamates (subject to hydrolysis) is 2. The van der Waals surface area contributed by atoms with Crippen molar-refractivity contribution in [3.05, 3.63) is 83.8 Å². The van der Waals surface area contributed by atoms with E-state index in [1.54, 1.807) is 98.7 Å². The second-order valence-corrected chi connectivity index (χ2v) is 32.2. The monoisotopic (exact) mass is 1430 g/mol. The van der Waals surface area contributed by atoms with Crippen LogP contribution in [0.5, 0.6) is 0 Å². The summed E-state index contributed by atoms with van der Waals surface area (Å²) in [7, 11) is 1.64. The highest BCUT2D eigenvalue weighted by Crippen LogP contribution is 2.37. The molecule has 4 aromatic rings. The Balaban J connectivity index is 0.000000362. The van der Waals surface area contributed by atoms with Gasteiger partial charge in [-0.3, -0.25) is 38.6 Å². The van der Waals surface area contributed by atoms with Crippen molar-refractivity contribution in [3.63, 3.8) is 0 Å². The molecule has 2 aliphatic heterocycles. The minimum Gasteiger partial charge on any atom is -0.467 e. The molecular weight excluding hydrogens is 1350 g/mol. The first kappa shape index (κ1) is 79.2. The molecule has 5 atom stereocenters. The average molecular weight is 1430 g/mol. The number of nitrogens with zero attached hydrogens (tertiary/aromatic N) is 4. The average Bonchev–Trinajstić information content (AvgIpc) is 1.66. The van der Waals surface area contributed by atoms with Crippen LogP contribution in [-0.2, 0) is 82.1 Å². The summed E-state index contributed by atoms with van der Waals surface area (Å²) in [5.41, 5.74) is -0.761. The molecule has 1 fully saturated rings. The number of ether oxygens (including phenoxy) is 5. The van der Waals surface area contributed by atoms with Crippen LogP contribution in [0.4, 0.5) is 21.0 Å². The summed E-state index contributed by atoms with van der Waals surface area (Å²) in [6, 6.07) is 18.2. The Labute approximate surface area is 573 Å². The number of anilines is 2. The van der Waals surface area contributed by atoms with E-state index in [2.05, 4.69) is 20.1 Å². The first-order valence-corrected chi connectivity index (χ1v) is 36.2. The molecule has 0 saturated carbocycles. The molecule has 0 aliphatic carbocycles. The third-order valence-corrected chi connectivity index (χ3v) is 21.0. The van der Waals surface area contributed by atoms with Gasteiger partial charge in [0.2, 0.25) is 31.9 Å². The van der Waals surface area contributed by atoms with E-state index in [0.717, 1.165) is 87.5 Å². The van der Waals surface area contributed by atoms with E-state index >= 15 is 0 Å². The van der Waals surface area contributed by atoms with Gasteiger partial charge in [0.1, 0.15) is 45.2 Å². The molecule has 2 heterocycles. The van der Waals surface area contributed by atoms with E-state index in [1.807, 2.05) is 62.3 Å². The number of hydrogen-bond donors (Lipinski definition) is 4. The van der Waals surface area contributed by atoms with Crippen molar-refractivity contribution in [3.8, 4) is 0 Å². The van der Waals surface area contributed by atoms with Crippen molar-refractivity contribution >= 4 is 148 Å². The fourth-order valence-corrected chi connectivity index (χ4v) is 16.0. The summed E-state index contributed by atoms with van der Waals surface area (Å²) >= 11 is 2.81. The second kappa shape index (κ2) is 33.6. The Kier molecular flexibility index (Phi) is 27.8. The molecule has 526 valence electrons. The molecule has 0 aromatic heterocycles. The topological polar surface area (TPSA) is 346 Å². The number of carbonyl (C=O) groups excluding carboxylic acids is 10. The van der Waals surface area contributed by atoms with Crippen LogP contribution in [-0.4, -0.2) is 211 Å². The number of sulfonamides is 2. The van der Waals surface area contributed by atoms with Crippen LogP contribution in [0, 0.1) is 5.92 Å². The lowest BCUT2D eigenvalue weighted by atomic mass is 10.0. The number of imide groups is 2. The molecule has 6 rings (SSSR count). The third kappa shape index (κ3) is 22.3. The van der Waals surface area contributed by atoms with Gasteiger partial charge in [0.25, 0.3) is 11.8 Å². The number of hydrogen-bond acceptors (Lipinski definition) is 24. The van der Waals surface area contributed by atoms with E-state index in [1.165, 1.54) is 19.1 Å². The fraction of sp³-hybridized carbons (Fsp3) is 0.500. The highest BCUT2D eigenvalue weighted by Gasteiger charge is 2.49. The zero-order valence-corrected chi connectivity index (χ0v) is 60.7. The predicted molar refractivity (Wildman–Crippen MR) is 368 cm³/mol. The van der Waals surface area contributed by atoms with Crippen LogP contribution in [0.3, 0.4) is 0 Å². The lowest BCUT2D eigenvalue weighted by Gasteiger charge is -2.24. The van der Waals surface area contributed by atoms with Gasteiger partial charge in [0, 0.05) is 117 Å². The number of rotatable bonds is 28. The molecular formula is C64H86N8O19S5. The number of benzene rings is 4. The molecule has 1 saturated heterocycles. The van der Waals surface area contributed by atoms with E-state index in [9.17, 15) is 64.8 Å². The lowest BCUT2D eigenvalue weighted by molar-refractivity contribution is -0.157. The van der Waals surface area contributed by atoms with Crippen molar-refractivity contribution in [2.45, 2.75) is 125 Å². The third-order valence-electron chi connectivity index (χ3n) is 13.9. The van der Waals surface area contributed by atoms with Crippen molar-refractivity contribution in [2.24, 2.45) is 5.92 Å². The maximum atomic E-state index is 13.9. The molecule has 4 aromatic carbocycles. The van der Waals surface area contributed by atoms with Crippen molar-refractivity contribution < 1.29 is 88.5 Å². The Bertz CT molecular complexity index is 3840. The van der Waals surface area contributed by atoms with Crippen LogP contribution in [0.2, 0.25) is 0 Å². The SMILES string of the molecule is COC(=O)[C@H](CSC1=CC(=O)N(CCNS(=O)(=O)c2cccc3c(N(C)C)cccc23)C1=O)NC(=O)OC(C)(C)C.COC(=O)[C@H](CSC1C(=O)N(CCNS(=O)(=O)c2cccc3c(N(C)C)cccc23)C(=O)C1SC[C@H](CC(=O)OC(C)(C)C)C(C)=O)NC(=O)OC(C)(C)C. The number of ketones is 1. The van der Waals surface area contributed by atoms with Crippen LogP contribution < -0.4 is 29.9 Å². The number of fused-ring (bicyclic) bond motifs is 2. The van der Waals surface area contributed by atoms with E-state index in [0.29, 0.717) is 10.8 Å². The molecule has 32 heteroatoms. The molecule has 2 aliphatic rings. The maximum absolute atomic E-state index is 13.9. The molecule has 2 unspecified atom stereocenters. The summed E-state index contributed by atoms with van der Waals surface area (Å²) in [4.78, 5) is 134. The first-order valence-electron chi connectivity index (χ1n) is 30.1. The standard InChI is InChI=1S/C37H52N4O11S3.C27H34N4O8S2/c1-22(42)23(19-29(43)51-36(2,3)4)20-53-30-31(54-21-26(34(46)50-10)39-35(47)52-37(5,6)7)33(45)41(32(30)44)18-17-38-55(48,49)28-16-12-13-24-25(28)14-11-15-27(24)40(8)9;1-27(2,3)39-26(35)29-19(25(34)38-6)16-40-21-15-23(32)31(24(21)33)14-13-28-41(36,37)22-12-8-9-17-18(22)10-7-11-20(17)30(4)5/h11-16,23,26,30-31,38H,17-21H2,1-10H3,(H,39,47);7-12,15,19,28H,13-14,16H2,1-6H3,(H,29,35)/t23-,26-,30?,31?;19-/m00/s1. The van der Waals surface area contributed by atoms with Crippen LogP contribution >= 0.6 is 35.3 Å². The Hall–Kier alpha value is -7.49. The minimum absolute atomic E-state index is 0.0115. The Morgan fingerprint density at radius 3 is 1.35 bits per heavy atom. The largest absolute Gasteiger partial charge is 0.467 e. The fourth-order valence-electron chi connectivity index (χ4n) is 9.55. The molecule has 96 heavy (non-hydrogen) atoms. The second-order valence-electron chi connectivity index (χ2n) is 25.3. The van der Waals surface area contributed by atoms with Gasteiger partial charge in [0.15, 0.2) is 0 Å². The molecule has 0 bridgehead atoms. The zero-order chi connectivity index (χ0) is 72.0. The van der Waals surface area contributed by atoms with E-state index < -0.39 is 119 Å². The Morgan fingerprint density at radius 2 is 0.948 bits per heavy atom. The summed E-state index contributed by atoms with van der Waals surface area (Å²) in [5.74, 6) is -6.17. The Morgan fingerprint density at radius 1 is 0.552 bits per heavy atom. The van der Waals surface area contributed by atoms with Gasteiger partial charge < -0.3 is 44.1 Å². The number of thioether (sulfide) groups is 3. The van der Waals surface area contributed by atoms with E-state index in [4.69, 9.17) is 23.7 Å². The highest BCUT2D eigenvalue weighted by molar-refractivity contribution is 8.05. The number of likely N-dealkylation sites (tertiary alicyclic amines) is 1. The molecule has 27 nitrogen and oxygen atoms in total. The summed E-state index contributed by atoms with van der Waals surface area (Å²) in [6.07, 6.45) is -0.870. The minimum atomic E-state index is -4.11. The quantitative estimate of drug-likeness (QED) is 0.0288. The lowest BCUT2D eigenvalue weighted by Crippen LogP contribution is -2.46. The maximum Gasteiger partial charge on any atom is 0.408 e. The van der Waals surface area contributed by atoms with Gasteiger partial charge in [-0.25, -0.2) is 45.5 Å². The number of Topliss-reactive ketones (excluding diaryl/α,β-unsaturated/α-hetero) is 1. The first-order chi connectivity index (χ1) is 44.6. The van der Waals surface area contributed by atoms with Gasteiger partial charge in [-0.2, -0.15) is 0 Å². The molecule has 0 spiro atoms. The van der Waals surface area contributed by atoms with E-state index in [-0.39, 0.29) is 70.3 Å². The molecule has 0 radical (unpaired) electrons. The number of esters is 3.